The van der Waals surface area contributed by atoms with Crippen molar-refractivity contribution < 1.29 is 23.8 Å². The van der Waals surface area contributed by atoms with Crippen LogP contribution in [-0.2, 0) is 30.2 Å². The SMILES string of the molecule is CC[C@H]1O[C@@H](c2ccc(Cl)c(Cc3ccc(C4CCC5(CC5)C4)cc3)c2)[C@H](OC(C)=O)[C@@H](OC(C)=O)[C@@H]1C. The number of halogens is 1. The number of rotatable bonds is 7. The van der Waals surface area contributed by atoms with Gasteiger partial charge in [0.25, 0.3) is 0 Å². The zero-order valence-electron chi connectivity index (χ0n) is 22.9. The van der Waals surface area contributed by atoms with Crippen molar-refractivity contribution in [1.29, 1.82) is 0 Å². The molecule has 6 heteroatoms. The number of carbonyl (C=O) groups is 2. The zero-order chi connectivity index (χ0) is 27.0. The second-order valence-corrected chi connectivity index (χ2v) is 12.1. The van der Waals surface area contributed by atoms with Crippen LogP contribution in [0.4, 0.5) is 0 Å². The molecule has 0 aromatic heterocycles. The summed E-state index contributed by atoms with van der Waals surface area (Å²) in [6, 6.07) is 14.9. The Hall–Kier alpha value is -2.37. The Bertz CT molecular complexity index is 1170. The van der Waals surface area contributed by atoms with Gasteiger partial charge in [0.15, 0.2) is 6.10 Å². The van der Waals surface area contributed by atoms with Gasteiger partial charge in [0, 0.05) is 24.8 Å². The summed E-state index contributed by atoms with van der Waals surface area (Å²) in [5.74, 6) is -0.268. The lowest BCUT2D eigenvalue weighted by atomic mass is 9.84. The van der Waals surface area contributed by atoms with Crippen LogP contribution in [0.25, 0.3) is 0 Å². The molecule has 5 nitrogen and oxygen atoms in total. The molecule has 0 bridgehead atoms. The van der Waals surface area contributed by atoms with Crippen LogP contribution in [0.15, 0.2) is 42.5 Å². The van der Waals surface area contributed by atoms with Crippen LogP contribution in [0, 0.1) is 11.3 Å². The van der Waals surface area contributed by atoms with Crippen molar-refractivity contribution in [3.05, 3.63) is 69.7 Å². The largest absolute Gasteiger partial charge is 0.458 e. The molecule has 204 valence electrons. The molecule has 3 fully saturated rings. The standard InChI is InChI=1S/C32H39ClO5/c1-5-28-19(2)29(36-20(3)34)31(37-21(4)35)30(38-28)24-10-11-27(33)26(17-24)16-22-6-8-23(9-7-22)25-12-13-32(18-25)14-15-32/h6-11,17,19,25,28-31H,5,12-16,18H2,1-4H3/t19-,25?,28-,29+,30+,31-/m1/s1. The fourth-order valence-electron chi connectivity index (χ4n) is 6.65. The molecule has 2 saturated carbocycles. The van der Waals surface area contributed by atoms with Crippen molar-refractivity contribution in [1.82, 2.24) is 0 Å². The minimum atomic E-state index is -0.747. The van der Waals surface area contributed by atoms with Gasteiger partial charge in [-0.15, -0.1) is 0 Å². The van der Waals surface area contributed by atoms with E-state index in [0.29, 0.717) is 22.8 Å². The van der Waals surface area contributed by atoms with E-state index in [-0.39, 0.29) is 12.0 Å². The molecule has 2 aromatic rings. The van der Waals surface area contributed by atoms with Crippen LogP contribution < -0.4 is 0 Å². The van der Waals surface area contributed by atoms with E-state index in [1.165, 1.54) is 57.1 Å². The fourth-order valence-corrected chi connectivity index (χ4v) is 6.84. The Labute approximate surface area is 231 Å². The third-order valence-corrected chi connectivity index (χ3v) is 9.33. The van der Waals surface area contributed by atoms with E-state index in [2.05, 4.69) is 24.3 Å². The van der Waals surface area contributed by atoms with Crippen LogP contribution in [0.5, 0.6) is 0 Å². The summed E-state index contributed by atoms with van der Waals surface area (Å²) in [5.41, 5.74) is 5.16. The Morgan fingerprint density at radius 2 is 1.63 bits per heavy atom. The van der Waals surface area contributed by atoms with Crippen molar-refractivity contribution in [2.45, 2.75) is 103 Å². The second kappa shape index (κ2) is 11.0. The average molecular weight is 539 g/mol. The molecular formula is C32H39ClO5. The quantitative estimate of drug-likeness (QED) is 0.345. The van der Waals surface area contributed by atoms with Gasteiger partial charge in [-0.3, -0.25) is 9.59 Å². The lowest BCUT2D eigenvalue weighted by Crippen LogP contribution is -2.52. The molecule has 1 spiro atoms. The third kappa shape index (κ3) is 5.79. The van der Waals surface area contributed by atoms with Gasteiger partial charge in [0.2, 0.25) is 0 Å². The average Bonchev–Trinajstić information content (AvgIpc) is 3.51. The monoisotopic (exact) mass is 538 g/mol. The number of hydrogen-bond donors (Lipinski definition) is 0. The lowest BCUT2D eigenvalue weighted by Gasteiger charge is -2.44. The van der Waals surface area contributed by atoms with Crippen LogP contribution in [0.2, 0.25) is 5.02 Å². The predicted molar refractivity (Wildman–Crippen MR) is 147 cm³/mol. The highest BCUT2D eigenvalue weighted by Crippen LogP contribution is 2.61. The van der Waals surface area contributed by atoms with Crippen molar-refractivity contribution in [3.8, 4) is 0 Å². The molecule has 6 atom stereocenters. The van der Waals surface area contributed by atoms with Crippen molar-refractivity contribution >= 4 is 23.5 Å². The molecule has 2 aromatic carbocycles. The van der Waals surface area contributed by atoms with E-state index in [4.69, 9.17) is 25.8 Å². The smallest absolute Gasteiger partial charge is 0.303 e. The van der Waals surface area contributed by atoms with Crippen LogP contribution in [0.3, 0.4) is 0 Å². The summed E-state index contributed by atoms with van der Waals surface area (Å²) in [6.45, 7) is 6.76. The second-order valence-electron chi connectivity index (χ2n) is 11.7. The molecule has 0 amide bonds. The highest BCUT2D eigenvalue weighted by atomic mass is 35.5. The summed E-state index contributed by atoms with van der Waals surface area (Å²) < 4.78 is 17.9. The number of ether oxygens (including phenoxy) is 3. The molecule has 2 aliphatic carbocycles. The van der Waals surface area contributed by atoms with Gasteiger partial charge in [-0.05, 0) is 84.6 Å². The summed E-state index contributed by atoms with van der Waals surface area (Å²) >= 11 is 6.66. The van der Waals surface area contributed by atoms with Gasteiger partial charge in [0.1, 0.15) is 12.2 Å². The van der Waals surface area contributed by atoms with Crippen molar-refractivity contribution in [2.24, 2.45) is 11.3 Å². The van der Waals surface area contributed by atoms with Crippen LogP contribution >= 0.6 is 11.6 Å². The van der Waals surface area contributed by atoms with E-state index >= 15 is 0 Å². The van der Waals surface area contributed by atoms with E-state index < -0.39 is 30.3 Å². The molecule has 5 rings (SSSR count). The Balaban J connectivity index is 1.38. The first-order chi connectivity index (χ1) is 18.2. The number of benzene rings is 2. The Morgan fingerprint density at radius 1 is 0.974 bits per heavy atom. The predicted octanol–water partition coefficient (Wildman–Crippen LogP) is 7.33. The molecule has 38 heavy (non-hydrogen) atoms. The molecule has 0 radical (unpaired) electrons. The van der Waals surface area contributed by atoms with Gasteiger partial charge in [0.05, 0.1) is 6.10 Å². The van der Waals surface area contributed by atoms with Crippen LogP contribution in [0.1, 0.15) is 100 Å². The molecule has 3 aliphatic rings. The Morgan fingerprint density at radius 3 is 2.24 bits per heavy atom. The molecular weight excluding hydrogens is 500 g/mol. The minimum Gasteiger partial charge on any atom is -0.458 e. The van der Waals surface area contributed by atoms with Crippen LogP contribution in [-0.4, -0.2) is 30.3 Å². The first kappa shape index (κ1) is 27.2. The number of carbonyl (C=O) groups excluding carboxylic acids is 2. The molecule has 1 saturated heterocycles. The van der Waals surface area contributed by atoms with Gasteiger partial charge >= 0.3 is 11.9 Å². The van der Waals surface area contributed by atoms with Gasteiger partial charge < -0.3 is 14.2 Å². The van der Waals surface area contributed by atoms with E-state index in [0.717, 1.165) is 17.5 Å². The van der Waals surface area contributed by atoms with E-state index in [9.17, 15) is 9.59 Å². The van der Waals surface area contributed by atoms with Gasteiger partial charge in [-0.1, -0.05) is 61.8 Å². The maximum Gasteiger partial charge on any atom is 0.303 e. The summed E-state index contributed by atoms with van der Waals surface area (Å²) in [4.78, 5) is 24.0. The molecule has 0 N–H and O–H groups in total. The number of esters is 2. The summed E-state index contributed by atoms with van der Waals surface area (Å²) in [6.07, 6.45) is 6.24. The number of hydrogen-bond acceptors (Lipinski definition) is 5. The normalized spacial score (nSPS) is 29.7. The van der Waals surface area contributed by atoms with Gasteiger partial charge in [-0.25, -0.2) is 0 Å². The highest BCUT2D eigenvalue weighted by Gasteiger charge is 2.49. The first-order valence-electron chi connectivity index (χ1n) is 14.0. The minimum absolute atomic E-state index is 0.121. The van der Waals surface area contributed by atoms with Crippen molar-refractivity contribution in [3.63, 3.8) is 0 Å². The Kier molecular flexibility index (Phi) is 7.89. The molecule has 1 aliphatic heterocycles. The van der Waals surface area contributed by atoms with Gasteiger partial charge in [-0.2, -0.15) is 0 Å². The first-order valence-corrected chi connectivity index (χ1v) is 14.4. The van der Waals surface area contributed by atoms with Crippen molar-refractivity contribution in [2.75, 3.05) is 0 Å². The summed E-state index contributed by atoms with van der Waals surface area (Å²) in [5, 5.41) is 0.682. The topological polar surface area (TPSA) is 61.8 Å². The lowest BCUT2D eigenvalue weighted by molar-refractivity contribution is -0.225. The van der Waals surface area contributed by atoms with E-state index in [1.807, 2.05) is 32.0 Å². The maximum absolute atomic E-state index is 12.1. The third-order valence-electron chi connectivity index (χ3n) is 8.96. The maximum atomic E-state index is 12.1. The van der Waals surface area contributed by atoms with E-state index in [1.54, 1.807) is 0 Å². The molecule has 1 unspecified atom stereocenters. The highest BCUT2D eigenvalue weighted by molar-refractivity contribution is 6.31. The zero-order valence-corrected chi connectivity index (χ0v) is 23.6. The molecule has 1 heterocycles. The summed E-state index contributed by atoms with van der Waals surface area (Å²) in [7, 11) is 0. The fraction of sp³-hybridized carbons (Fsp3) is 0.562.